The Bertz CT molecular complexity index is 1020. The van der Waals surface area contributed by atoms with E-state index in [9.17, 15) is 13.2 Å². The summed E-state index contributed by atoms with van der Waals surface area (Å²) in [5, 5.41) is 3.01. The zero-order chi connectivity index (χ0) is 20.6. The molecule has 150 valence electrons. The maximum Gasteiger partial charge on any atom is 0.251 e. The highest BCUT2D eigenvalue weighted by molar-refractivity contribution is 7.92. The van der Waals surface area contributed by atoms with Crippen LogP contribution in [-0.4, -0.2) is 33.7 Å². The van der Waals surface area contributed by atoms with E-state index < -0.39 is 10.0 Å². The second kappa shape index (κ2) is 7.47. The van der Waals surface area contributed by atoms with E-state index in [0.29, 0.717) is 17.7 Å². The van der Waals surface area contributed by atoms with E-state index in [4.69, 9.17) is 4.74 Å². The Kier molecular flexibility index (Phi) is 5.39. The number of anilines is 1. The standard InChI is InChI=1S/C21H26N2O4S/c1-13-6-9-20(27-4)18(10-13)15(3)22-21(24)16-7-8-19-17(12-16)11-14(2)23(19)28(5,25)26/h6-10,12,14-15H,11H2,1-5H3,(H,22,24). The van der Waals surface area contributed by atoms with Gasteiger partial charge in [0.05, 0.1) is 25.1 Å². The Hall–Kier alpha value is -2.54. The molecule has 2 unspecified atom stereocenters. The van der Waals surface area contributed by atoms with Crippen LogP contribution in [0.1, 0.15) is 46.9 Å². The number of aryl methyl sites for hydroxylation is 1. The van der Waals surface area contributed by atoms with Crippen LogP contribution in [0.15, 0.2) is 36.4 Å². The Balaban J connectivity index is 1.83. The maximum atomic E-state index is 12.8. The highest BCUT2D eigenvalue weighted by Crippen LogP contribution is 2.35. The van der Waals surface area contributed by atoms with E-state index >= 15 is 0 Å². The third-order valence-electron chi connectivity index (χ3n) is 5.05. The van der Waals surface area contributed by atoms with Gasteiger partial charge in [-0.25, -0.2) is 8.42 Å². The minimum Gasteiger partial charge on any atom is -0.496 e. The molecule has 0 spiro atoms. The lowest BCUT2D eigenvalue weighted by molar-refractivity contribution is 0.0939. The number of carbonyl (C=O) groups is 1. The number of carbonyl (C=O) groups excluding carboxylic acids is 1. The number of ether oxygens (including phenoxy) is 1. The molecule has 2 aromatic carbocycles. The molecule has 6 nitrogen and oxygen atoms in total. The topological polar surface area (TPSA) is 75.7 Å². The molecule has 0 bridgehead atoms. The van der Waals surface area contributed by atoms with Crippen LogP contribution in [0.5, 0.6) is 5.75 Å². The van der Waals surface area contributed by atoms with Crippen LogP contribution in [-0.2, 0) is 16.4 Å². The van der Waals surface area contributed by atoms with E-state index in [1.54, 1.807) is 25.3 Å². The summed E-state index contributed by atoms with van der Waals surface area (Å²) in [5.74, 6) is 0.522. The van der Waals surface area contributed by atoms with Crippen LogP contribution < -0.4 is 14.4 Å². The summed E-state index contributed by atoms with van der Waals surface area (Å²) in [6.45, 7) is 5.77. The van der Waals surface area contributed by atoms with Crippen LogP contribution in [0.4, 0.5) is 5.69 Å². The van der Waals surface area contributed by atoms with Crippen molar-refractivity contribution in [3.05, 3.63) is 58.7 Å². The van der Waals surface area contributed by atoms with Crippen LogP contribution in [0.3, 0.4) is 0 Å². The molecule has 1 amide bonds. The average Bonchev–Trinajstić information content (AvgIpc) is 2.96. The van der Waals surface area contributed by atoms with E-state index in [2.05, 4.69) is 5.32 Å². The molecule has 0 saturated carbocycles. The van der Waals surface area contributed by atoms with Crippen molar-refractivity contribution in [2.75, 3.05) is 17.7 Å². The summed E-state index contributed by atoms with van der Waals surface area (Å²) >= 11 is 0. The number of sulfonamides is 1. The van der Waals surface area contributed by atoms with Gasteiger partial charge in [0, 0.05) is 17.2 Å². The monoisotopic (exact) mass is 402 g/mol. The first-order chi connectivity index (χ1) is 13.1. The summed E-state index contributed by atoms with van der Waals surface area (Å²) in [6.07, 6.45) is 1.79. The average molecular weight is 403 g/mol. The summed E-state index contributed by atoms with van der Waals surface area (Å²) in [5.41, 5.74) is 4.03. The second-order valence-electron chi connectivity index (χ2n) is 7.40. The van der Waals surface area contributed by atoms with Crippen molar-refractivity contribution in [1.82, 2.24) is 5.32 Å². The lowest BCUT2D eigenvalue weighted by Gasteiger charge is -2.22. The molecule has 2 atom stereocenters. The molecule has 0 aliphatic carbocycles. The Morgan fingerprint density at radius 3 is 2.61 bits per heavy atom. The first-order valence-corrected chi connectivity index (χ1v) is 11.0. The molecule has 3 rings (SSSR count). The fourth-order valence-electron chi connectivity index (χ4n) is 3.80. The Morgan fingerprint density at radius 1 is 1.25 bits per heavy atom. The minimum absolute atomic E-state index is 0.154. The summed E-state index contributed by atoms with van der Waals surface area (Å²) in [6, 6.07) is 10.6. The van der Waals surface area contributed by atoms with Gasteiger partial charge >= 0.3 is 0 Å². The molecule has 1 aliphatic heterocycles. The second-order valence-corrected chi connectivity index (χ2v) is 9.26. The van der Waals surface area contributed by atoms with Crippen molar-refractivity contribution in [1.29, 1.82) is 0 Å². The van der Waals surface area contributed by atoms with Crippen LogP contribution in [0.2, 0.25) is 0 Å². The fourth-order valence-corrected chi connectivity index (χ4v) is 5.06. The first-order valence-electron chi connectivity index (χ1n) is 9.19. The molecule has 0 fully saturated rings. The van der Waals surface area contributed by atoms with Gasteiger partial charge in [-0.2, -0.15) is 0 Å². The zero-order valence-electron chi connectivity index (χ0n) is 16.8. The predicted molar refractivity (Wildman–Crippen MR) is 111 cm³/mol. The van der Waals surface area contributed by atoms with E-state index in [1.165, 1.54) is 10.6 Å². The third-order valence-corrected chi connectivity index (χ3v) is 6.32. The lowest BCUT2D eigenvalue weighted by Crippen LogP contribution is -2.34. The number of hydrogen-bond acceptors (Lipinski definition) is 4. The number of amides is 1. The van der Waals surface area contributed by atoms with Gasteiger partial charge in [-0.1, -0.05) is 17.7 Å². The molecular weight excluding hydrogens is 376 g/mol. The summed E-state index contributed by atoms with van der Waals surface area (Å²) in [4.78, 5) is 12.8. The summed E-state index contributed by atoms with van der Waals surface area (Å²) in [7, 11) is -1.74. The molecule has 28 heavy (non-hydrogen) atoms. The quantitative estimate of drug-likeness (QED) is 0.833. The highest BCUT2D eigenvalue weighted by atomic mass is 32.2. The van der Waals surface area contributed by atoms with Gasteiger partial charge in [-0.15, -0.1) is 0 Å². The molecule has 2 aromatic rings. The van der Waals surface area contributed by atoms with Gasteiger partial charge in [0.25, 0.3) is 5.91 Å². The predicted octanol–water partition coefficient (Wildman–Crippen LogP) is 3.21. The number of rotatable bonds is 5. The highest BCUT2D eigenvalue weighted by Gasteiger charge is 2.32. The van der Waals surface area contributed by atoms with Crippen molar-refractivity contribution in [3.63, 3.8) is 0 Å². The van der Waals surface area contributed by atoms with E-state index in [0.717, 1.165) is 22.4 Å². The number of fused-ring (bicyclic) bond motifs is 1. The number of nitrogens with one attached hydrogen (secondary N) is 1. The molecular formula is C21H26N2O4S. The van der Waals surface area contributed by atoms with Crippen molar-refractivity contribution < 1.29 is 17.9 Å². The minimum atomic E-state index is -3.35. The van der Waals surface area contributed by atoms with E-state index in [-0.39, 0.29) is 18.0 Å². The fraction of sp³-hybridized carbons (Fsp3) is 0.381. The van der Waals surface area contributed by atoms with Crippen LogP contribution in [0.25, 0.3) is 0 Å². The largest absolute Gasteiger partial charge is 0.496 e. The third kappa shape index (κ3) is 3.85. The van der Waals surface area contributed by atoms with Gasteiger partial charge in [-0.3, -0.25) is 9.10 Å². The molecule has 1 heterocycles. The van der Waals surface area contributed by atoms with Gasteiger partial charge in [0.1, 0.15) is 5.75 Å². The SMILES string of the molecule is COc1ccc(C)cc1C(C)NC(=O)c1ccc2c(c1)CC(C)N2S(C)(=O)=O. The van der Waals surface area contributed by atoms with Crippen LogP contribution in [0, 0.1) is 6.92 Å². The van der Waals surface area contributed by atoms with Gasteiger partial charge in [0.15, 0.2) is 0 Å². The first kappa shape index (κ1) is 20.2. The summed E-state index contributed by atoms with van der Waals surface area (Å²) < 4.78 is 30.9. The van der Waals surface area contributed by atoms with Crippen molar-refractivity contribution in [2.24, 2.45) is 0 Å². The van der Waals surface area contributed by atoms with Crippen molar-refractivity contribution in [2.45, 2.75) is 39.3 Å². The normalized spacial score (nSPS) is 17.2. The van der Waals surface area contributed by atoms with Crippen molar-refractivity contribution >= 4 is 21.6 Å². The number of methoxy groups -OCH3 is 1. The zero-order valence-corrected chi connectivity index (χ0v) is 17.6. The van der Waals surface area contributed by atoms with Crippen molar-refractivity contribution in [3.8, 4) is 5.75 Å². The van der Waals surface area contributed by atoms with Crippen LogP contribution >= 0.6 is 0 Å². The molecule has 1 aliphatic rings. The molecule has 0 radical (unpaired) electrons. The Labute approximate surface area is 166 Å². The molecule has 7 heteroatoms. The maximum absolute atomic E-state index is 12.8. The number of hydrogen-bond donors (Lipinski definition) is 1. The molecule has 1 N–H and O–H groups in total. The van der Waals surface area contributed by atoms with E-state index in [1.807, 2.05) is 39.0 Å². The smallest absolute Gasteiger partial charge is 0.251 e. The van der Waals surface area contributed by atoms with Gasteiger partial charge in [0.2, 0.25) is 10.0 Å². The molecule has 0 saturated heterocycles. The van der Waals surface area contributed by atoms with Gasteiger partial charge in [-0.05, 0) is 57.0 Å². The molecule has 0 aromatic heterocycles. The lowest BCUT2D eigenvalue weighted by atomic mass is 10.0. The van der Waals surface area contributed by atoms with Gasteiger partial charge < -0.3 is 10.1 Å². The Morgan fingerprint density at radius 2 is 1.96 bits per heavy atom. The number of benzene rings is 2. The number of nitrogens with zero attached hydrogens (tertiary/aromatic N) is 1.